The summed E-state index contributed by atoms with van der Waals surface area (Å²) >= 11 is 7.81. The lowest BCUT2D eigenvalue weighted by atomic mass is 10.1. The lowest BCUT2D eigenvalue weighted by Gasteiger charge is -2.24. The number of primary amides is 1. The van der Waals surface area contributed by atoms with Gasteiger partial charge in [-0.05, 0) is 32.2 Å². The Morgan fingerprint density at radius 1 is 0.806 bits per heavy atom. The van der Waals surface area contributed by atoms with Crippen molar-refractivity contribution in [2.75, 3.05) is 18.1 Å². The minimum Gasteiger partial charge on any atom is -0.480 e. The molecule has 4 amide bonds. The van der Waals surface area contributed by atoms with Crippen LogP contribution in [0.15, 0.2) is 0 Å². The molecule has 12 nitrogen and oxygen atoms in total. The average molecular weight is 481 g/mol. The molecule has 0 aromatic carbocycles. The van der Waals surface area contributed by atoms with Crippen LogP contribution in [0.3, 0.4) is 0 Å². The summed E-state index contributed by atoms with van der Waals surface area (Å²) in [4.78, 5) is 59.7. The summed E-state index contributed by atoms with van der Waals surface area (Å²) < 4.78 is 0. The van der Waals surface area contributed by atoms with E-state index in [2.05, 4.69) is 41.2 Å². The minimum atomic E-state index is -1.31. The summed E-state index contributed by atoms with van der Waals surface area (Å²) in [6.45, 7) is 0.391. The summed E-state index contributed by atoms with van der Waals surface area (Å²) in [5.41, 5.74) is 16.2. The molecule has 0 aromatic heterocycles. The highest BCUT2D eigenvalue weighted by molar-refractivity contribution is 7.80. The molecule has 14 heteroatoms. The number of aliphatic carboxylic acids is 1. The van der Waals surface area contributed by atoms with Crippen molar-refractivity contribution in [3.05, 3.63) is 0 Å². The Morgan fingerprint density at radius 2 is 1.32 bits per heavy atom. The van der Waals surface area contributed by atoms with E-state index in [0.29, 0.717) is 19.4 Å². The molecule has 0 heterocycles. The monoisotopic (exact) mass is 480 g/mol. The van der Waals surface area contributed by atoms with Crippen LogP contribution in [-0.2, 0) is 24.0 Å². The molecule has 0 spiro atoms. The number of hydrogen-bond donors (Lipinski definition) is 9. The van der Waals surface area contributed by atoms with Crippen LogP contribution in [0, 0.1) is 0 Å². The van der Waals surface area contributed by atoms with E-state index in [1.165, 1.54) is 0 Å². The first kappa shape index (κ1) is 29.0. The third-order valence-corrected chi connectivity index (χ3v) is 4.98. The Kier molecular flexibility index (Phi) is 14.7. The summed E-state index contributed by atoms with van der Waals surface area (Å²) in [5.74, 6) is -4.25. The maximum atomic E-state index is 12.8. The van der Waals surface area contributed by atoms with E-state index in [1.54, 1.807) is 0 Å². The number of carbonyl (C=O) groups excluding carboxylic acids is 4. The molecule has 4 unspecified atom stereocenters. The summed E-state index contributed by atoms with van der Waals surface area (Å²) in [6, 6.07) is -4.51. The Labute approximate surface area is 191 Å². The number of nitrogens with one attached hydrogen (secondary N) is 3. The van der Waals surface area contributed by atoms with Crippen LogP contribution in [-0.4, -0.2) is 76.9 Å². The molecule has 0 aliphatic carbocycles. The second kappa shape index (κ2) is 15.7. The van der Waals surface area contributed by atoms with Crippen LogP contribution in [0.2, 0.25) is 0 Å². The number of thiol groups is 2. The first-order chi connectivity index (χ1) is 14.6. The minimum absolute atomic E-state index is 0.0624. The highest BCUT2D eigenvalue weighted by Crippen LogP contribution is 2.05. The molecule has 0 saturated carbocycles. The molecule has 178 valence electrons. The number of nitrogens with two attached hydrogens (primary N) is 3. The van der Waals surface area contributed by atoms with Crippen molar-refractivity contribution in [2.24, 2.45) is 17.2 Å². The van der Waals surface area contributed by atoms with Gasteiger partial charge >= 0.3 is 5.97 Å². The number of carboxylic acids is 1. The molecule has 10 N–H and O–H groups in total. The quantitative estimate of drug-likeness (QED) is 0.0822. The van der Waals surface area contributed by atoms with Gasteiger partial charge in [0.15, 0.2) is 0 Å². The second-order valence-electron chi connectivity index (χ2n) is 6.78. The molecule has 0 radical (unpaired) electrons. The van der Waals surface area contributed by atoms with Gasteiger partial charge in [-0.3, -0.25) is 19.2 Å². The largest absolute Gasteiger partial charge is 0.480 e. The smallest absolute Gasteiger partial charge is 0.327 e. The molecule has 0 aliphatic heterocycles. The fourth-order valence-corrected chi connectivity index (χ4v) is 2.82. The number of carboxylic acid groups (broad SMARTS) is 1. The van der Waals surface area contributed by atoms with E-state index in [9.17, 15) is 24.0 Å². The number of unbranched alkanes of at least 4 members (excludes halogenated alkanes) is 1. The fraction of sp³-hybridized carbons (Fsp3) is 0.706. The predicted octanol–water partition coefficient (Wildman–Crippen LogP) is -2.89. The van der Waals surface area contributed by atoms with Crippen molar-refractivity contribution in [3.63, 3.8) is 0 Å². The van der Waals surface area contributed by atoms with Crippen molar-refractivity contribution in [3.8, 4) is 0 Å². The number of amides is 4. The zero-order valence-electron chi connectivity index (χ0n) is 17.1. The second-order valence-corrected chi connectivity index (χ2v) is 7.51. The van der Waals surface area contributed by atoms with E-state index >= 15 is 0 Å². The zero-order chi connectivity index (χ0) is 24.0. The van der Waals surface area contributed by atoms with E-state index in [0.717, 1.165) is 0 Å². The van der Waals surface area contributed by atoms with Crippen LogP contribution >= 0.6 is 25.3 Å². The van der Waals surface area contributed by atoms with Crippen molar-refractivity contribution < 1.29 is 29.1 Å². The number of rotatable bonds is 16. The first-order valence-electron chi connectivity index (χ1n) is 9.66. The van der Waals surface area contributed by atoms with Crippen LogP contribution in [0.25, 0.3) is 0 Å². The number of carbonyl (C=O) groups is 5. The molecule has 0 aromatic rings. The van der Waals surface area contributed by atoms with Gasteiger partial charge in [0, 0.05) is 17.9 Å². The summed E-state index contributed by atoms with van der Waals surface area (Å²) in [7, 11) is 0. The van der Waals surface area contributed by atoms with Crippen LogP contribution in [0.5, 0.6) is 0 Å². The maximum Gasteiger partial charge on any atom is 0.327 e. The fourth-order valence-electron chi connectivity index (χ4n) is 2.41. The van der Waals surface area contributed by atoms with Gasteiger partial charge < -0.3 is 38.3 Å². The molecular formula is C17H32N6O6S2. The first-order valence-corrected chi connectivity index (χ1v) is 10.9. The third kappa shape index (κ3) is 11.8. The molecule has 0 rings (SSSR count). The van der Waals surface area contributed by atoms with E-state index in [4.69, 9.17) is 22.3 Å². The van der Waals surface area contributed by atoms with Crippen molar-refractivity contribution in [1.29, 1.82) is 0 Å². The Bertz CT molecular complexity index is 638. The Balaban J connectivity index is 5.41. The van der Waals surface area contributed by atoms with Gasteiger partial charge in [0.25, 0.3) is 0 Å². The molecule has 0 saturated heterocycles. The van der Waals surface area contributed by atoms with Crippen molar-refractivity contribution >= 4 is 54.9 Å². The lowest BCUT2D eigenvalue weighted by molar-refractivity contribution is -0.141. The van der Waals surface area contributed by atoms with Gasteiger partial charge in [0.05, 0.1) is 6.04 Å². The van der Waals surface area contributed by atoms with Crippen molar-refractivity contribution in [2.45, 2.75) is 56.3 Å². The Hall–Kier alpha value is -2.03. The molecule has 0 fully saturated rings. The predicted molar refractivity (Wildman–Crippen MR) is 120 cm³/mol. The van der Waals surface area contributed by atoms with Gasteiger partial charge in [-0.1, -0.05) is 0 Å². The molecule has 31 heavy (non-hydrogen) atoms. The lowest BCUT2D eigenvalue weighted by Crippen LogP contribution is -2.57. The van der Waals surface area contributed by atoms with E-state index in [-0.39, 0.29) is 30.8 Å². The van der Waals surface area contributed by atoms with Crippen LogP contribution in [0.4, 0.5) is 0 Å². The maximum absolute atomic E-state index is 12.8. The normalized spacial score (nSPS) is 14.6. The summed E-state index contributed by atoms with van der Waals surface area (Å²) in [5, 5.41) is 16.3. The van der Waals surface area contributed by atoms with Gasteiger partial charge in [-0.2, -0.15) is 25.3 Å². The van der Waals surface area contributed by atoms with Gasteiger partial charge in [0.1, 0.15) is 18.1 Å². The highest BCUT2D eigenvalue weighted by atomic mass is 32.1. The molecule has 4 atom stereocenters. The van der Waals surface area contributed by atoms with Crippen LogP contribution in [0.1, 0.15) is 32.1 Å². The average Bonchev–Trinajstić information content (AvgIpc) is 2.72. The molecular weight excluding hydrogens is 448 g/mol. The Morgan fingerprint density at radius 3 is 1.77 bits per heavy atom. The standard InChI is InChI=1S/C17H32N6O6S2/c18-6-2-1-3-10(21-14(25)9(19)7-30)15(26)22-11(4-5-13(20)24)16(27)23-12(8-31)17(28)29/h9-12,30-31H,1-8,18-19H2,(H2,20,24)(H,21,25)(H,22,26)(H,23,27)(H,28,29). The van der Waals surface area contributed by atoms with Crippen LogP contribution < -0.4 is 33.2 Å². The summed E-state index contributed by atoms with van der Waals surface area (Å²) in [6.07, 6.45) is 0.958. The van der Waals surface area contributed by atoms with E-state index in [1.807, 2.05) is 0 Å². The SMILES string of the molecule is NCCCCC(NC(=O)C(N)CS)C(=O)NC(CCC(N)=O)C(=O)NC(CS)C(=O)O. The third-order valence-electron chi connectivity index (χ3n) is 4.22. The molecule has 0 bridgehead atoms. The topological polar surface area (TPSA) is 220 Å². The van der Waals surface area contributed by atoms with Crippen molar-refractivity contribution in [1.82, 2.24) is 16.0 Å². The van der Waals surface area contributed by atoms with Gasteiger partial charge in [-0.25, -0.2) is 4.79 Å². The van der Waals surface area contributed by atoms with E-state index < -0.39 is 53.8 Å². The van der Waals surface area contributed by atoms with Gasteiger partial charge in [0.2, 0.25) is 23.6 Å². The van der Waals surface area contributed by atoms with Gasteiger partial charge in [-0.15, -0.1) is 0 Å². The molecule has 0 aliphatic rings. The number of hydrogen-bond acceptors (Lipinski definition) is 9. The zero-order valence-corrected chi connectivity index (χ0v) is 18.9. The highest BCUT2D eigenvalue weighted by Gasteiger charge is 2.29.